The van der Waals surface area contributed by atoms with Crippen LogP contribution in [0.2, 0.25) is 0 Å². The highest BCUT2D eigenvalue weighted by Crippen LogP contribution is 1.69. The number of rotatable bonds is 1. The number of hydrogen-bond acceptors (Lipinski definition) is 3. The molecule has 0 aliphatic rings. The van der Waals surface area contributed by atoms with Crippen LogP contribution in [0, 0.1) is 0 Å². The van der Waals surface area contributed by atoms with Crippen LogP contribution >= 0.6 is 0 Å². The molecule has 0 spiro atoms. The predicted octanol–water partition coefficient (Wildman–Crippen LogP) is -1.55. The van der Waals surface area contributed by atoms with Crippen molar-refractivity contribution in [3.05, 3.63) is 12.3 Å². The molecule has 0 unspecified atom stereocenters. The fraction of sp³-hybridized carbons (Fsp3) is 0. The van der Waals surface area contributed by atoms with Crippen LogP contribution in [0.15, 0.2) is 12.3 Å². The SMILES string of the molecule is C=C(N)C(=O)NN. The predicted molar refractivity (Wildman–Crippen MR) is 25.7 cm³/mol. The maximum absolute atomic E-state index is 10.1. The Morgan fingerprint density at radius 1 is 1.71 bits per heavy atom. The Morgan fingerprint density at radius 3 is 2.14 bits per heavy atom. The van der Waals surface area contributed by atoms with Gasteiger partial charge in [0.15, 0.2) is 0 Å². The van der Waals surface area contributed by atoms with Gasteiger partial charge in [-0.2, -0.15) is 0 Å². The van der Waals surface area contributed by atoms with Gasteiger partial charge in [0, 0.05) is 0 Å². The van der Waals surface area contributed by atoms with E-state index in [4.69, 9.17) is 5.73 Å². The number of nitrogens with two attached hydrogens (primary N) is 2. The van der Waals surface area contributed by atoms with Crippen LogP contribution in [0.4, 0.5) is 0 Å². The quantitative estimate of drug-likeness (QED) is 0.162. The van der Waals surface area contributed by atoms with Crippen LogP contribution in [-0.4, -0.2) is 5.91 Å². The lowest BCUT2D eigenvalue weighted by atomic mass is 10.5. The lowest BCUT2D eigenvalue weighted by molar-refractivity contribution is -0.117. The summed E-state index contributed by atoms with van der Waals surface area (Å²) in [6.07, 6.45) is 0. The monoisotopic (exact) mass is 101 g/mol. The normalized spacial score (nSPS) is 7.57. The van der Waals surface area contributed by atoms with E-state index in [1.807, 2.05) is 0 Å². The summed E-state index contributed by atoms with van der Waals surface area (Å²) in [6.45, 7) is 3.11. The van der Waals surface area contributed by atoms with E-state index in [9.17, 15) is 4.79 Å². The number of hydrazine groups is 1. The van der Waals surface area contributed by atoms with E-state index < -0.39 is 5.91 Å². The second-order valence-electron chi connectivity index (χ2n) is 0.999. The molecule has 0 fully saturated rings. The fourth-order valence-corrected chi connectivity index (χ4v) is 0.0927. The van der Waals surface area contributed by atoms with E-state index in [2.05, 4.69) is 12.4 Å². The molecule has 5 N–H and O–H groups in total. The first-order valence-electron chi connectivity index (χ1n) is 1.64. The van der Waals surface area contributed by atoms with Gasteiger partial charge >= 0.3 is 0 Å². The fourth-order valence-electron chi connectivity index (χ4n) is 0.0927. The Labute approximate surface area is 41.1 Å². The third-order valence-electron chi connectivity index (χ3n) is 0.423. The van der Waals surface area contributed by atoms with Gasteiger partial charge in [0.1, 0.15) is 0 Å². The maximum Gasteiger partial charge on any atom is 0.280 e. The number of carbonyl (C=O) groups excluding carboxylic acids is 1. The Bertz CT molecular complexity index is 98.4. The highest BCUT2D eigenvalue weighted by atomic mass is 16.2. The van der Waals surface area contributed by atoms with Crippen molar-refractivity contribution < 1.29 is 4.79 Å². The second-order valence-corrected chi connectivity index (χ2v) is 0.999. The number of nitrogens with one attached hydrogen (secondary N) is 1. The van der Waals surface area contributed by atoms with Crippen molar-refractivity contribution in [3.8, 4) is 0 Å². The first-order chi connectivity index (χ1) is 3.18. The Hall–Kier alpha value is -1.03. The van der Waals surface area contributed by atoms with Crippen LogP contribution in [0.3, 0.4) is 0 Å². The third-order valence-corrected chi connectivity index (χ3v) is 0.423. The minimum absolute atomic E-state index is 0.0810. The molecule has 0 aliphatic carbocycles. The van der Waals surface area contributed by atoms with Crippen molar-refractivity contribution in [2.75, 3.05) is 0 Å². The molecule has 0 aromatic rings. The lowest BCUT2D eigenvalue weighted by Gasteiger charge is -1.92. The van der Waals surface area contributed by atoms with Gasteiger partial charge in [-0.05, 0) is 0 Å². The largest absolute Gasteiger partial charge is 0.395 e. The summed E-state index contributed by atoms with van der Waals surface area (Å²) >= 11 is 0. The van der Waals surface area contributed by atoms with E-state index in [0.29, 0.717) is 0 Å². The van der Waals surface area contributed by atoms with Gasteiger partial charge in [0.25, 0.3) is 5.91 Å². The molecule has 0 atom stereocenters. The average Bonchev–Trinajstić information content (AvgIpc) is 1.65. The molecular weight excluding hydrogens is 94.1 g/mol. The topological polar surface area (TPSA) is 81.1 Å². The maximum atomic E-state index is 10.1. The molecule has 0 saturated carbocycles. The van der Waals surface area contributed by atoms with Gasteiger partial charge in [0.05, 0.1) is 5.70 Å². The van der Waals surface area contributed by atoms with Crippen molar-refractivity contribution in [1.82, 2.24) is 5.43 Å². The van der Waals surface area contributed by atoms with E-state index in [0.717, 1.165) is 0 Å². The third kappa shape index (κ3) is 1.77. The van der Waals surface area contributed by atoms with Gasteiger partial charge in [-0.15, -0.1) is 0 Å². The zero-order valence-electron chi connectivity index (χ0n) is 3.77. The molecule has 40 valence electrons. The number of hydrogen-bond donors (Lipinski definition) is 3. The van der Waals surface area contributed by atoms with E-state index >= 15 is 0 Å². The van der Waals surface area contributed by atoms with Crippen molar-refractivity contribution in [2.24, 2.45) is 11.6 Å². The molecule has 1 amide bonds. The zero-order valence-corrected chi connectivity index (χ0v) is 3.77. The minimum atomic E-state index is -0.542. The van der Waals surface area contributed by atoms with E-state index in [1.54, 1.807) is 5.43 Å². The van der Waals surface area contributed by atoms with E-state index in [1.165, 1.54) is 0 Å². The average molecular weight is 101 g/mol. The molecule has 0 aliphatic heterocycles. The Kier molecular flexibility index (Phi) is 1.87. The Morgan fingerprint density at radius 2 is 2.14 bits per heavy atom. The molecule has 7 heavy (non-hydrogen) atoms. The van der Waals surface area contributed by atoms with Crippen molar-refractivity contribution in [2.45, 2.75) is 0 Å². The summed E-state index contributed by atoms with van der Waals surface area (Å²) in [4.78, 5) is 10.1. The molecule has 0 radical (unpaired) electrons. The molecule has 4 heteroatoms. The summed E-state index contributed by atoms with van der Waals surface area (Å²) in [5, 5.41) is 0. The highest BCUT2D eigenvalue weighted by molar-refractivity contribution is 5.91. The zero-order chi connectivity index (χ0) is 5.86. The van der Waals surface area contributed by atoms with Crippen LogP contribution in [0.25, 0.3) is 0 Å². The molecule has 0 saturated heterocycles. The molecule has 0 rings (SSSR count). The molecule has 0 aromatic heterocycles. The van der Waals surface area contributed by atoms with Crippen molar-refractivity contribution >= 4 is 5.91 Å². The summed E-state index contributed by atoms with van der Waals surface area (Å²) in [5.74, 6) is 4.09. The lowest BCUT2D eigenvalue weighted by Crippen LogP contribution is -2.33. The summed E-state index contributed by atoms with van der Waals surface area (Å²) < 4.78 is 0. The van der Waals surface area contributed by atoms with Gasteiger partial charge in [-0.3, -0.25) is 10.2 Å². The molecule has 4 nitrogen and oxygen atoms in total. The number of carbonyl (C=O) groups is 1. The van der Waals surface area contributed by atoms with Gasteiger partial charge in [-0.1, -0.05) is 6.58 Å². The van der Waals surface area contributed by atoms with Gasteiger partial charge < -0.3 is 5.73 Å². The van der Waals surface area contributed by atoms with Crippen LogP contribution in [0.5, 0.6) is 0 Å². The van der Waals surface area contributed by atoms with Gasteiger partial charge in [-0.25, -0.2) is 5.84 Å². The summed E-state index contributed by atoms with van der Waals surface area (Å²) in [6, 6.07) is 0. The first kappa shape index (κ1) is 5.97. The molecule has 0 bridgehead atoms. The minimum Gasteiger partial charge on any atom is -0.395 e. The molecule has 0 aromatic carbocycles. The molecule has 0 heterocycles. The standard InChI is InChI=1S/C3H7N3O/c1-2(4)3(7)6-5/h1,4-5H2,(H,6,7). The van der Waals surface area contributed by atoms with E-state index in [-0.39, 0.29) is 5.70 Å². The first-order valence-corrected chi connectivity index (χ1v) is 1.64. The Balaban J connectivity index is 3.58. The molecular formula is C3H7N3O. The number of amides is 1. The summed E-state index contributed by atoms with van der Waals surface area (Å²) in [7, 11) is 0. The van der Waals surface area contributed by atoms with Crippen LogP contribution < -0.4 is 17.0 Å². The van der Waals surface area contributed by atoms with Crippen LogP contribution in [-0.2, 0) is 4.79 Å². The second kappa shape index (κ2) is 2.20. The highest BCUT2D eigenvalue weighted by Gasteiger charge is 1.94. The van der Waals surface area contributed by atoms with Crippen LogP contribution in [0.1, 0.15) is 0 Å². The smallest absolute Gasteiger partial charge is 0.280 e. The summed E-state index contributed by atoms with van der Waals surface area (Å²) in [5.41, 5.74) is 6.58. The van der Waals surface area contributed by atoms with Gasteiger partial charge in [0.2, 0.25) is 0 Å². The van der Waals surface area contributed by atoms with Crippen molar-refractivity contribution in [1.29, 1.82) is 0 Å². The van der Waals surface area contributed by atoms with Crippen molar-refractivity contribution in [3.63, 3.8) is 0 Å².